The average molecular weight is 282 g/mol. The molecule has 21 heavy (non-hydrogen) atoms. The molecule has 112 valence electrons. The third kappa shape index (κ3) is 4.74. The van der Waals surface area contributed by atoms with Crippen LogP contribution in [-0.2, 0) is 0 Å². The zero-order chi connectivity index (χ0) is 15.5. The van der Waals surface area contributed by atoms with Crippen LogP contribution in [0, 0.1) is 35.0 Å². The van der Waals surface area contributed by atoms with Crippen molar-refractivity contribution in [1.82, 2.24) is 0 Å². The van der Waals surface area contributed by atoms with Gasteiger partial charge in [-0.2, -0.15) is 0 Å². The van der Waals surface area contributed by atoms with Crippen LogP contribution in [0.5, 0.6) is 0 Å². The van der Waals surface area contributed by atoms with Gasteiger partial charge in [0.05, 0.1) is 0 Å². The van der Waals surface area contributed by atoms with Crippen molar-refractivity contribution in [3.63, 3.8) is 0 Å². The molecule has 0 radical (unpaired) electrons. The van der Waals surface area contributed by atoms with Gasteiger partial charge in [0.25, 0.3) is 0 Å². The van der Waals surface area contributed by atoms with Crippen molar-refractivity contribution in [3.8, 4) is 11.8 Å². The molecule has 0 amide bonds. The second-order valence-corrected chi connectivity index (χ2v) is 7.32. The first-order valence-corrected chi connectivity index (χ1v) is 7.97. The van der Waals surface area contributed by atoms with Crippen molar-refractivity contribution in [2.75, 3.05) is 0 Å². The van der Waals surface area contributed by atoms with Crippen LogP contribution in [-0.4, -0.2) is 5.78 Å². The Labute approximate surface area is 129 Å². The SMILES string of the molecule is C[C@@H]([C@H](C#CC1CC1)CC(=O)c1ccccc1)C(C)(C)C. The van der Waals surface area contributed by atoms with Gasteiger partial charge in [-0.15, -0.1) is 0 Å². The fourth-order valence-corrected chi connectivity index (χ4v) is 2.35. The van der Waals surface area contributed by atoms with Gasteiger partial charge in [0.15, 0.2) is 5.78 Å². The minimum absolute atomic E-state index is 0.151. The van der Waals surface area contributed by atoms with E-state index in [2.05, 4.69) is 39.5 Å². The van der Waals surface area contributed by atoms with E-state index in [4.69, 9.17) is 0 Å². The summed E-state index contributed by atoms with van der Waals surface area (Å²) >= 11 is 0. The molecule has 0 heterocycles. The summed E-state index contributed by atoms with van der Waals surface area (Å²) in [6, 6.07) is 9.58. The Morgan fingerprint density at radius 1 is 1.24 bits per heavy atom. The highest BCUT2D eigenvalue weighted by molar-refractivity contribution is 5.96. The Hall–Kier alpha value is -1.55. The lowest BCUT2D eigenvalue weighted by Crippen LogP contribution is -2.26. The molecule has 1 saturated carbocycles. The quantitative estimate of drug-likeness (QED) is 0.563. The molecule has 2 rings (SSSR count). The van der Waals surface area contributed by atoms with Gasteiger partial charge < -0.3 is 0 Å². The maximum absolute atomic E-state index is 12.5. The average Bonchev–Trinajstić information content (AvgIpc) is 3.26. The van der Waals surface area contributed by atoms with Crippen LogP contribution in [0.3, 0.4) is 0 Å². The Kier molecular flexibility index (Phi) is 4.88. The molecule has 1 aliphatic rings. The van der Waals surface area contributed by atoms with Gasteiger partial charge in [-0.25, -0.2) is 0 Å². The normalized spacial score (nSPS) is 17.5. The summed E-state index contributed by atoms with van der Waals surface area (Å²) < 4.78 is 0. The van der Waals surface area contributed by atoms with Gasteiger partial charge in [0, 0.05) is 23.8 Å². The van der Waals surface area contributed by atoms with Gasteiger partial charge in [-0.3, -0.25) is 4.79 Å². The van der Waals surface area contributed by atoms with Gasteiger partial charge >= 0.3 is 0 Å². The van der Waals surface area contributed by atoms with Crippen molar-refractivity contribution in [1.29, 1.82) is 0 Å². The van der Waals surface area contributed by atoms with Crippen LogP contribution in [0.2, 0.25) is 0 Å². The van der Waals surface area contributed by atoms with Crippen LogP contribution in [0.1, 0.15) is 57.3 Å². The third-order valence-corrected chi connectivity index (χ3v) is 4.52. The largest absolute Gasteiger partial charge is 0.294 e. The number of rotatable bonds is 4. The molecule has 0 saturated heterocycles. The first kappa shape index (κ1) is 15.8. The third-order valence-electron chi connectivity index (χ3n) is 4.52. The second kappa shape index (κ2) is 6.48. The Balaban J connectivity index is 2.12. The van der Waals surface area contributed by atoms with Gasteiger partial charge in [-0.1, -0.05) is 69.9 Å². The highest BCUT2D eigenvalue weighted by Crippen LogP contribution is 2.35. The first-order valence-electron chi connectivity index (χ1n) is 7.97. The number of carbonyl (C=O) groups excluding carboxylic acids is 1. The van der Waals surface area contributed by atoms with Crippen molar-refractivity contribution in [2.24, 2.45) is 23.2 Å². The monoisotopic (exact) mass is 282 g/mol. The van der Waals surface area contributed by atoms with Crippen LogP contribution in [0.15, 0.2) is 30.3 Å². The molecule has 1 aromatic carbocycles. The topological polar surface area (TPSA) is 17.1 Å². The summed E-state index contributed by atoms with van der Waals surface area (Å²) in [5, 5.41) is 0. The van der Waals surface area contributed by atoms with Crippen LogP contribution in [0.25, 0.3) is 0 Å². The number of ketones is 1. The smallest absolute Gasteiger partial charge is 0.164 e. The summed E-state index contributed by atoms with van der Waals surface area (Å²) in [7, 11) is 0. The maximum Gasteiger partial charge on any atom is 0.164 e. The molecular formula is C20H26O. The van der Waals surface area contributed by atoms with E-state index in [1.54, 1.807) is 0 Å². The Bertz CT molecular complexity index is 535. The lowest BCUT2D eigenvalue weighted by molar-refractivity contribution is 0.0938. The molecule has 0 aliphatic heterocycles. The van der Waals surface area contributed by atoms with Crippen molar-refractivity contribution in [2.45, 2.75) is 47.0 Å². The number of carbonyl (C=O) groups is 1. The van der Waals surface area contributed by atoms with E-state index in [9.17, 15) is 4.79 Å². The number of hydrogen-bond donors (Lipinski definition) is 0. The van der Waals surface area contributed by atoms with Gasteiger partial charge in [0.2, 0.25) is 0 Å². The van der Waals surface area contributed by atoms with Crippen LogP contribution in [0.4, 0.5) is 0 Å². The molecule has 0 spiro atoms. The van der Waals surface area contributed by atoms with Crippen molar-refractivity contribution >= 4 is 5.78 Å². The number of hydrogen-bond acceptors (Lipinski definition) is 1. The minimum Gasteiger partial charge on any atom is -0.294 e. The van der Waals surface area contributed by atoms with E-state index in [1.165, 1.54) is 12.8 Å². The molecule has 0 unspecified atom stereocenters. The predicted octanol–water partition coefficient (Wildman–Crippen LogP) is 4.97. The minimum atomic E-state index is 0.151. The van der Waals surface area contributed by atoms with Crippen LogP contribution < -0.4 is 0 Å². The lowest BCUT2D eigenvalue weighted by atomic mass is 9.72. The molecule has 0 N–H and O–H groups in total. The maximum atomic E-state index is 12.5. The Morgan fingerprint density at radius 3 is 2.38 bits per heavy atom. The highest BCUT2D eigenvalue weighted by atomic mass is 16.1. The molecule has 1 aromatic rings. The predicted molar refractivity (Wildman–Crippen MR) is 88.0 cm³/mol. The zero-order valence-electron chi connectivity index (χ0n) is 13.6. The van der Waals surface area contributed by atoms with E-state index in [-0.39, 0.29) is 17.1 Å². The molecule has 1 aliphatic carbocycles. The first-order chi connectivity index (χ1) is 9.88. The zero-order valence-corrected chi connectivity index (χ0v) is 13.6. The summed E-state index contributed by atoms with van der Waals surface area (Å²) in [5.74, 6) is 8.13. The van der Waals surface area contributed by atoms with E-state index < -0.39 is 0 Å². The fourth-order valence-electron chi connectivity index (χ4n) is 2.35. The molecule has 1 fully saturated rings. The van der Waals surface area contributed by atoms with Gasteiger partial charge in [-0.05, 0) is 24.2 Å². The fraction of sp³-hybridized carbons (Fsp3) is 0.550. The second-order valence-electron chi connectivity index (χ2n) is 7.32. The van der Waals surface area contributed by atoms with Crippen molar-refractivity contribution in [3.05, 3.63) is 35.9 Å². The standard InChI is InChI=1S/C20H26O/c1-15(20(2,3)4)18(13-12-16-10-11-16)14-19(21)17-8-6-5-7-9-17/h5-9,15-16,18H,10-11,14H2,1-4H3/t15-,18+/m0/s1. The van der Waals surface area contributed by atoms with E-state index in [0.717, 1.165) is 5.56 Å². The summed E-state index contributed by atoms with van der Waals surface area (Å²) in [6.07, 6.45) is 2.99. The molecule has 0 aromatic heterocycles. The summed E-state index contributed by atoms with van der Waals surface area (Å²) in [4.78, 5) is 12.5. The summed E-state index contributed by atoms with van der Waals surface area (Å²) in [5.41, 5.74) is 0.969. The molecule has 2 atom stereocenters. The van der Waals surface area contributed by atoms with E-state index in [0.29, 0.717) is 18.3 Å². The number of benzene rings is 1. The number of Topliss-reactive ketones (excluding diaryl/α,β-unsaturated/α-hetero) is 1. The summed E-state index contributed by atoms with van der Waals surface area (Å²) in [6.45, 7) is 8.92. The molecule has 0 bridgehead atoms. The molecular weight excluding hydrogens is 256 g/mol. The Morgan fingerprint density at radius 2 is 1.86 bits per heavy atom. The van der Waals surface area contributed by atoms with Crippen molar-refractivity contribution < 1.29 is 4.79 Å². The molecule has 1 nitrogen and oxygen atoms in total. The van der Waals surface area contributed by atoms with Gasteiger partial charge in [0.1, 0.15) is 0 Å². The van der Waals surface area contributed by atoms with Crippen LogP contribution >= 0.6 is 0 Å². The van der Waals surface area contributed by atoms with E-state index >= 15 is 0 Å². The highest BCUT2D eigenvalue weighted by Gasteiger charge is 2.29. The van der Waals surface area contributed by atoms with E-state index in [1.807, 2.05) is 30.3 Å². The molecule has 1 heteroatoms. The lowest BCUT2D eigenvalue weighted by Gasteiger charge is -2.31.